The molecule has 0 fully saturated rings. The summed E-state index contributed by atoms with van der Waals surface area (Å²) in [5, 5.41) is 26.2. The molecule has 0 unspecified atom stereocenters. The van der Waals surface area contributed by atoms with Crippen LogP contribution in [0.25, 0.3) is 0 Å². The Hall–Kier alpha value is -0.550. The SMILES string of the molecule is O=C([O-])C1=C[C@H](O)[C@@](O)(Cl)C(Cl)=C1. The van der Waals surface area contributed by atoms with Crippen LogP contribution in [0.15, 0.2) is 22.8 Å². The number of rotatable bonds is 1. The number of aliphatic hydroxyl groups excluding tert-OH is 1. The number of carboxylic acid groups (broad SMARTS) is 1. The fourth-order valence-corrected chi connectivity index (χ4v) is 1.18. The van der Waals surface area contributed by atoms with Crippen molar-refractivity contribution in [3.05, 3.63) is 22.8 Å². The molecular weight excluding hydrogens is 219 g/mol. The highest BCUT2D eigenvalue weighted by Crippen LogP contribution is 2.34. The summed E-state index contributed by atoms with van der Waals surface area (Å²) in [6, 6.07) is 0. The van der Waals surface area contributed by atoms with Gasteiger partial charge in [-0.1, -0.05) is 23.2 Å². The van der Waals surface area contributed by atoms with E-state index in [1.54, 1.807) is 0 Å². The van der Waals surface area contributed by atoms with E-state index >= 15 is 0 Å². The summed E-state index contributed by atoms with van der Waals surface area (Å²) in [7, 11) is 0. The van der Waals surface area contributed by atoms with Crippen molar-refractivity contribution in [3.63, 3.8) is 0 Å². The molecule has 2 atom stereocenters. The van der Waals surface area contributed by atoms with Crippen molar-refractivity contribution in [3.8, 4) is 0 Å². The molecule has 1 aliphatic carbocycles. The van der Waals surface area contributed by atoms with E-state index in [0.29, 0.717) is 0 Å². The van der Waals surface area contributed by atoms with E-state index in [2.05, 4.69) is 0 Å². The number of aliphatic hydroxyl groups is 2. The Morgan fingerprint density at radius 2 is 2.23 bits per heavy atom. The summed E-state index contributed by atoms with van der Waals surface area (Å²) in [4.78, 5) is 10.3. The van der Waals surface area contributed by atoms with Crippen molar-refractivity contribution in [1.82, 2.24) is 0 Å². The van der Waals surface area contributed by atoms with Gasteiger partial charge < -0.3 is 20.1 Å². The number of carbonyl (C=O) groups excluding carboxylic acids is 1. The molecule has 13 heavy (non-hydrogen) atoms. The summed E-state index contributed by atoms with van der Waals surface area (Å²) in [6.07, 6.45) is 0.213. The predicted molar refractivity (Wildman–Crippen MR) is 43.8 cm³/mol. The minimum Gasteiger partial charge on any atom is -0.545 e. The molecule has 0 radical (unpaired) electrons. The zero-order valence-electron chi connectivity index (χ0n) is 6.20. The lowest BCUT2D eigenvalue weighted by molar-refractivity contribution is -0.298. The predicted octanol–water partition coefficient (Wildman–Crippen LogP) is -0.913. The van der Waals surface area contributed by atoms with Crippen LogP contribution in [0.5, 0.6) is 0 Å². The molecular formula is C7H5Cl2O4-. The second-order valence-corrected chi connectivity index (χ2v) is 3.50. The smallest absolute Gasteiger partial charge is 0.204 e. The maximum absolute atomic E-state index is 10.3. The van der Waals surface area contributed by atoms with Gasteiger partial charge in [0.05, 0.1) is 11.0 Å². The van der Waals surface area contributed by atoms with Crippen LogP contribution in [0.3, 0.4) is 0 Å². The van der Waals surface area contributed by atoms with Crippen LogP contribution >= 0.6 is 23.2 Å². The van der Waals surface area contributed by atoms with E-state index in [4.69, 9.17) is 28.3 Å². The topological polar surface area (TPSA) is 80.6 Å². The molecule has 1 aliphatic rings. The third-order valence-corrected chi connectivity index (χ3v) is 2.50. The number of carboxylic acids is 1. The first kappa shape index (κ1) is 10.5. The normalized spacial score (nSPS) is 33.7. The summed E-state index contributed by atoms with van der Waals surface area (Å²) in [6.45, 7) is 0. The lowest BCUT2D eigenvalue weighted by atomic mass is 10.0. The first-order valence-electron chi connectivity index (χ1n) is 3.26. The van der Waals surface area contributed by atoms with Crippen LogP contribution in [-0.4, -0.2) is 27.3 Å². The third-order valence-electron chi connectivity index (χ3n) is 1.58. The van der Waals surface area contributed by atoms with Gasteiger partial charge in [0.25, 0.3) is 0 Å². The van der Waals surface area contributed by atoms with E-state index in [9.17, 15) is 15.0 Å². The quantitative estimate of drug-likeness (QED) is 0.565. The van der Waals surface area contributed by atoms with E-state index < -0.39 is 17.1 Å². The van der Waals surface area contributed by atoms with Crippen molar-refractivity contribution in [1.29, 1.82) is 0 Å². The molecule has 72 valence electrons. The van der Waals surface area contributed by atoms with Gasteiger partial charge in [0, 0.05) is 0 Å². The first-order valence-corrected chi connectivity index (χ1v) is 4.01. The minimum atomic E-state index is -2.15. The molecule has 0 saturated carbocycles. The van der Waals surface area contributed by atoms with Crippen molar-refractivity contribution < 1.29 is 20.1 Å². The van der Waals surface area contributed by atoms with Crippen molar-refractivity contribution in [2.24, 2.45) is 0 Å². The fourth-order valence-electron chi connectivity index (χ4n) is 0.835. The van der Waals surface area contributed by atoms with Gasteiger partial charge in [0.2, 0.25) is 5.06 Å². The number of carbonyl (C=O) groups is 1. The second kappa shape index (κ2) is 3.31. The van der Waals surface area contributed by atoms with Gasteiger partial charge in [0.1, 0.15) is 6.10 Å². The average molecular weight is 224 g/mol. The van der Waals surface area contributed by atoms with Crippen LogP contribution in [0, 0.1) is 0 Å². The molecule has 1 rings (SSSR count). The fraction of sp³-hybridized carbons (Fsp3) is 0.286. The summed E-state index contributed by atoms with van der Waals surface area (Å²) >= 11 is 10.8. The highest BCUT2D eigenvalue weighted by molar-refractivity contribution is 6.39. The average Bonchev–Trinajstić information content (AvgIpc) is 2.00. The molecule has 0 aromatic rings. The minimum absolute atomic E-state index is 0.317. The Kier molecular flexibility index (Phi) is 2.68. The standard InChI is InChI=1S/C7H6Cl2O4/c8-4-1-3(6(11)12)2-5(10)7(4,9)13/h1-2,5,10,13H,(H,11,12)/p-1/t5-,7+/m0/s1. The maximum atomic E-state index is 10.3. The summed E-state index contributed by atoms with van der Waals surface area (Å²) in [5.74, 6) is -1.50. The van der Waals surface area contributed by atoms with Gasteiger partial charge in [-0.3, -0.25) is 0 Å². The van der Waals surface area contributed by atoms with Gasteiger partial charge in [-0.15, -0.1) is 0 Å². The number of aliphatic carboxylic acids is 1. The van der Waals surface area contributed by atoms with Crippen molar-refractivity contribution in [2.45, 2.75) is 11.2 Å². The lowest BCUT2D eigenvalue weighted by Gasteiger charge is -2.28. The highest BCUT2D eigenvalue weighted by atomic mass is 35.5. The lowest BCUT2D eigenvalue weighted by Crippen LogP contribution is -2.39. The Bertz CT molecular complexity index is 306. The van der Waals surface area contributed by atoms with Gasteiger partial charge in [-0.25, -0.2) is 0 Å². The van der Waals surface area contributed by atoms with Gasteiger partial charge >= 0.3 is 0 Å². The molecule has 0 heterocycles. The molecule has 0 aliphatic heterocycles. The zero-order chi connectivity index (χ0) is 10.2. The van der Waals surface area contributed by atoms with Gasteiger partial charge in [0.15, 0.2) is 0 Å². The summed E-state index contributed by atoms with van der Waals surface area (Å²) in [5.41, 5.74) is -0.317. The van der Waals surface area contributed by atoms with Crippen LogP contribution < -0.4 is 5.11 Å². The van der Waals surface area contributed by atoms with Crippen LogP contribution in [0.2, 0.25) is 0 Å². The van der Waals surface area contributed by atoms with E-state index in [-0.39, 0.29) is 10.6 Å². The Labute approximate surface area is 83.7 Å². The van der Waals surface area contributed by atoms with Crippen LogP contribution in [0.4, 0.5) is 0 Å². The van der Waals surface area contributed by atoms with Crippen molar-refractivity contribution >= 4 is 29.2 Å². The number of halogens is 2. The second-order valence-electron chi connectivity index (χ2n) is 2.52. The molecule has 2 N–H and O–H groups in total. The molecule has 0 aromatic carbocycles. The molecule has 4 nitrogen and oxygen atoms in total. The molecule has 0 aromatic heterocycles. The van der Waals surface area contributed by atoms with Crippen LogP contribution in [0.1, 0.15) is 0 Å². The van der Waals surface area contributed by atoms with Crippen LogP contribution in [-0.2, 0) is 4.79 Å². The monoisotopic (exact) mass is 223 g/mol. The van der Waals surface area contributed by atoms with Crippen molar-refractivity contribution in [2.75, 3.05) is 0 Å². The first-order chi connectivity index (χ1) is 5.85. The van der Waals surface area contributed by atoms with E-state index in [1.807, 2.05) is 0 Å². The Morgan fingerprint density at radius 1 is 1.69 bits per heavy atom. The van der Waals surface area contributed by atoms with Gasteiger partial charge in [-0.05, 0) is 17.7 Å². The third kappa shape index (κ3) is 1.86. The Balaban J connectivity index is 3.07. The number of hydrogen-bond acceptors (Lipinski definition) is 4. The zero-order valence-corrected chi connectivity index (χ0v) is 7.71. The molecule has 0 spiro atoms. The number of hydrogen-bond donors (Lipinski definition) is 2. The molecule has 6 heteroatoms. The molecule has 0 amide bonds. The maximum Gasteiger partial charge on any atom is 0.204 e. The molecule has 0 bridgehead atoms. The molecule has 0 saturated heterocycles. The summed E-state index contributed by atoms with van der Waals surface area (Å²) < 4.78 is 0. The van der Waals surface area contributed by atoms with E-state index in [0.717, 1.165) is 12.2 Å². The number of alkyl halides is 1. The van der Waals surface area contributed by atoms with E-state index in [1.165, 1.54) is 0 Å². The highest BCUT2D eigenvalue weighted by Gasteiger charge is 2.38. The van der Waals surface area contributed by atoms with Gasteiger partial charge in [-0.2, -0.15) is 0 Å². The Morgan fingerprint density at radius 3 is 2.62 bits per heavy atom. The largest absolute Gasteiger partial charge is 0.545 e.